The molecule has 0 aliphatic carbocycles. The first kappa shape index (κ1) is 17.9. The van der Waals surface area contributed by atoms with Crippen LogP contribution < -0.4 is 0 Å². The second-order valence-corrected chi connectivity index (χ2v) is 6.32. The highest BCUT2D eigenvalue weighted by molar-refractivity contribution is 4.63. The van der Waals surface area contributed by atoms with Gasteiger partial charge in [0.1, 0.15) is 0 Å². The summed E-state index contributed by atoms with van der Waals surface area (Å²) in [7, 11) is 0. The van der Waals surface area contributed by atoms with Gasteiger partial charge in [0.15, 0.2) is 0 Å². The monoisotopic (exact) mass is 256 g/mol. The van der Waals surface area contributed by atoms with Gasteiger partial charge in [-0.15, -0.1) is 0 Å². The zero-order chi connectivity index (χ0) is 14.0. The molecule has 0 saturated carbocycles. The fourth-order valence-electron chi connectivity index (χ4n) is 2.22. The number of hydrogen-bond acceptors (Lipinski definition) is 2. The molecule has 0 radical (unpaired) electrons. The SMILES string of the molecule is CCCCN(CCCC)N(CC(C)C)CC(C)C. The van der Waals surface area contributed by atoms with Crippen molar-refractivity contribution in [2.24, 2.45) is 11.8 Å². The van der Waals surface area contributed by atoms with Crippen LogP contribution in [0.15, 0.2) is 0 Å². The minimum Gasteiger partial charge on any atom is -0.242 e. The Morgan fingerprint density at radius 2 is 1.06 bits per heavy atom. The van der Waals surface area contributed by atoms with Crippen LogP contribution in [0, 0.1) is 11.8 Å². The highest BCUT2D eigenvalue weighted by Gasteiger charge is 2.16. The van der Waals surface area contributed by atoms with E-state index in [0.717, 1.165) is 11.8 Å². The van der Waals surface area contributed by atoms with Crippen LogP contribution in [-0.2, 0) is 0 Å². The Balaban J connectivity index is 4.47. The van der Waals surface area contributed by atoms with E-state index in [0.29, 0.717) is 0 Å². The number of hydrazine groups is 1. The molecule has 18 heavy (non-hydrogen) atoms. The van der Waals surface area contributed by atoms with Crippen LogP contribution in [0.4, 0.5) is 0 Å². The predicted octanol–water partition coefficient (Wildman–Crippen LogP) is 4.42. The molecule has 0 aromatic rings. The topological polar surface area (TPSA) is 6.48 Å². The third kappa shape index (κ3) is 8.93. The molecule has 0 aromatic carbocycles. The summed E-state index contributed by atoms with van der Waals surface area (Å²) in [5, 5.41) is 5.23. The molecule has 0 aliphatic heterocycles. The molecule has 2 heteroatoms. The van der Waals surface area contributed by atoms with Crippen molar-refractivity contribution in [3.63, 3.8) is 0 Å². The summed E-state index contributed by atoms with van der Waals surface area (Å²) in [5.74, 6) is 1.49. The maximum Gasteiger partial charge on any atom is 0.0156 e. The van der Waals surface area contributed by atoms with Gasteiger partial charge in [-0.25, -0.2) is 10.0 Å². The smallest absolute Gasteiger partial charge is 0.0156 e. The predicted molar refractivity (Wildman–Crippen MR) is 82.6 cm³/mol. The average molecular weight is 256 g/mol. The summed E-state index contributed by atoms with van der Waals surface area (Å²) < 4.78 is 0. The van der Waals surface area contributed by atoms with E-state index in [9.17, 15) is 0 Å². The van der Waals surface area contributed by atoms with Crippen LogP contribution in [0.2, 0.25) is 0 Å². The summed E-state index contributed by atoms with van der Waals surface area (Å²) in [4.78, 5) is 0. The van der Waals surface area contributed by atoms with Crippen LogP contribution in [0.3, 0.4) is 0 Å². The van der Waals surface area contributed by atoms with Crippen LogP contribution >= 0.6 is 0 Å². The van der Waals surface area contributed by atoms with Gasteiger partial charge in [-0.3, -0.25) is 0 Å². The van der Waals surface area contributed by atoms with Crippen molar-refractivity contribution in [2.75, 3.05) is 26.2 Å². The third-order valence-electron chi connectivity index (χ3n) is 3.09. The summed E-state index contributed by atoms with van der Waals surface area (Å²) >= 11 is 0. The van der Waals surface area contributed by atoms with Gasteiger partial charge in [0, 0.05) is 26.2 Å². The zero-order valence-electron chi connectivity index (χ0n) is 13.7. The van der Waals surface area contributed by atoms with Gasteiger partial charge in [-0.1, -0.05) is 54.4 Å². The van der Waals surface area contributed by atoms with Gasteiger partial charge >= 0.3 is 0 Å². The van der Waals surface area contributed by atoms with Crippen molar-refractivity contribution in [2.45, 2.75) is 67.2 Å². The molecule has 0 fully saturated rings. The molecule has 0 heterocycles. The molecular formula is C16H36N2. The molecule has 0 atom stereocenters. The summed E-state index contributed by atoms with van der Waals surface area (Å²) in [6, 6.07) is 0. The van der Waals surface area contributed by atoms with Gasteiger partial charge in [-0.2, -0.15) is 0 Å². The van der Waals surface area contributed by atoms with E-state index < -0.39 is 0 Å². The molecule has 0 unspecified atom stereocenters. The second-order valence-electron chi connectivity index (χ2n) is 6.32. The molecule has 110 valence electrons. The van der Waals surface area contributed by atoms with E-state index in [2.05, 4.69) is 51.6 Å². The highest BCUT2D eigenvalue weighted by atomic mass is 15.6. The lowest BCUT2D eigenvalue weighted by atomic mass is 10.1. The van der Waals surface area contributed by atoms with E-state index >= 15 is 0 Å². The lowest BCUT2D eigenvalue weighted by Crippen LogP contribution is -2.47. The fraction of sp³-hybridized carbons (Fsp3) is 1.00. The third-order valence-corrected chi connectivity index (χ3v) is 3.09. The van der Waals surface area contributed by atoms with Gasteiger partial charge in [0.05, 0.1) is 0 Å². The first-order valence-corrected chi connectivity index (χ1v) is 8.01. The highest BCUT2D eigenvalue weighted by Crippen LogP contribution is 2.10. The Morgan fingerprint density at radius 3 is 1.33 bits per heavy atom. The van der Waals surface area contributed by atoms with Crippen LogP contribution in [0.25, 0.3) is 0 Å². The van der Waals surface area contributed by atoms with E-state index in [1.54, 1.807) is 0 Å². The molecule has 2 nitrogen and oxygen atoms in total. The first-order valence-electron chi connectivity index (χ1n) is 8.01. The van der Waals surface area contributed by atoms with Gasteiger partial charge < -0.3 is 0 Å². The quantitative estimate of drug-likeness (QED) is 0.505. The molecule has 0 amide bonds. The van der Waals surface area contributed by atoms with Gasteiger partial charge in [0.2, 0.25) is 0 Å². The van der Waals surface area contributed by atoms with E-state index in [1.165, 1.54) is 51.9 Å². The van der Waals surface area contributed by atoms with Gasteiger partial charge in [-0.05, 0) is 24.7 Å². The summed E-state index contributed by atoms with van der Waals surface area (Å²) in [6.07, 6.45) is 5.21. The molecule has 0 aromatic heterocycles. The van der Waals surface area contributed by atoms with Crippen LogP contribution in [0.5, 0.6) is 0 Å². The normalized spacial score (nSPS) is 12.3. The van der Waals surface area contributed by atoms with E-state index in [-0.39, 0.29) is 0 Å². The molecule has 0 spiro atoms. The number of rotatable bonds is 11. The number of unbranched alkanes of at least 4 members (excludes halogenated alkanes) is 2. The van der Waals surface area contributed by atoms with Crippen molar-refractivity contribution in [3.8, 4) is 0 Å². The second kappa shape index (κ2) is 10.8. The fourth-order valence-corrected chi connectivity index (χ4v) is 2.22. The molecule has 0 saturated heterocycles. The Kier molecular flexibility index (Phi) is 10.8. The van der Waals surface area contributed by atoms with Crippen molar-refractivity contribution in [1.82, 2.24) is 10.0 Å². The maximum absolute atomic E-state index is 2.62. The Labute approximate surface area is 116 Å². The lowest BCUT2D eigenvalue weighted by Gasteiger charge is -2.37. The molecule has 0 rings (SSSR count). The molecule has 0 N–H and O–H groups in total. The van der Waals surface area contributed by atoms with Gasteiger partial charge in [0.25, 0.3) is 0 Å². The average Bonchev–Trinajstić information content (AvgIpc) is 2.27. The Hall–Kier alpha value is -0.0800. The van der Waals surface area contributed by atoms with Crippen molar-refractivity contribution in [3.05, 3.63) is 0 Å². The molecule has 0 aliphatic rings. The Bertz CT molecular complexity index is 160. The Morgan fingerprint density at radius 1 is 0.667 bits per heavy atom. The minimum absolute atomic E-state index is 0.745. The van der Waals surface area contributed by atoms with Crippen LogP contribution in [0.1, 0.15) is 67.2 Å². The largest absolute Gasteiger partial charge is 0.242 e. The maximum atomic E-state index is 2.62. The summed E-state index contributed by atoms with van der Waals surface area (Å²) in [6.45, 7) is 18.7. The number of hydrogen-bond donors (Lipinski definition) is 0. The van der Waals surface area contributed by atoms with Crippen molar-refractivity contribution in [1.29, 1.82) is 0 Å². The minimum atomic E-state index is 0.745. The zero-order valence-corrected chi connectivity index (χ0v) is 13.7. The first-order chi connectivity index (χ1) is 8.51. The summed E-state index contributed by atoms with van der Waals surface area (Å²) in [5.41, 5.74) is 0. The van der Waals surface area contributed by atoms with Crippen molar-refractivity contribution < 1.29 is 0 Å². The van der Waals surface area contributed by atoms with Crippen molar-refractivity contribution >= 4 is 0 Å². The van der Waals surface area contributed by atoms with E-state index in [4.69, 9.17) is 0 Å². The molecular weight excluding hydrogens is 220 g/mol. The lowest BCUT2D eigenvalue weighted by molar-refractivity contribution is -0.0442. The molecule has 0 bridgehead atoms. The number of nitrogens with zero attached hydrogens (tertiary/aromatic N) is 2. The standard InChI is InChI=1S/C16H36N2/c1-7-9-11-17(12-10-8-2)18(13-15(3)4)14-16(5)6/h15-16H,7-14H2,1-6H3. The van der Waals surface area contributed by atoms with E-state index in [1.807, 2.05) is 0 Å². The van der Waals surface area contributed by atoms with Crippen LogP contribution in [-0.4, -0.2) is 36.2 Å².